The smallest absolute Gasteiger partial charge is 0.346 e. The second-order valence-electron chi connectivity index (χ2n) is 15.0. The van der Waals surface area contributed by atoms with E-state index in [1.807, 2.05) is 6.07 Å². The molecule has 4 fully saturated rings. The average Bonchev–Trinajstić information content (AvgIpc) is 3.99. The number of hydrogen-bond donors (Lipinski definition) is 1. The fourth-order valence-electron chi connectivity index (χ4n) is 9.33. The van der Waals surface area contributed by atoms with E-state index in [1.54, 1.807) is 4.90 Å². The molecule has 0 saturated carbocycles. The van der Waals surface area contributed by atoms with Crippen molar-refractivity contribution >= 4 is 60.8 Å². The fourth-order valence-corrected chi connectivity index (χ4v) is 10.6. The average molecular weight is 824 g/mol. The van der Waals surface area contributed by atoms with Gasteiger partial charge in [0.1, 0.15) is 47.3 Å². The van der Waals surface area contributed by atoms with Gasteiger partial charge in [0, 0.05) is 61.3 Å². The van der Waals surface area contributed by atoms with Crippen LogP contribution in [-0.2, 0) is 0 Å². The standard InChI is InChI=1S/C37H31ClF5N11O2S/c38-23-10-21-28(27(41)26(23)20-2-3-24(40)29-25(20)22(12-45)31(46)57-29)48-34(56-16-36-5-1-8-52(36)14-19(39)11-36)49-33(21)51-13-18(4-7-44)37(15-51)6-9-53(37)35(55)54-17-47-32(50-54)30(42)43/h2-3,10,17-19,30H,1,4-6,8-9,11,13-16,46H2/t18?,19-,36+,37+/m1/s1. The minimum Gasteiger partial charge on any atom is -0.461 e. The zero-order chi connectivity index (χ0) is 40.0. The van der Waals surface area contributed by atoms with Gasteiger partial charge < -0.3 is 20.3 Å². The first-order valence-electron chi connectivity index (χ1n) is 18.1. The summed E-state index contributed by atoms with van der Waals surface area (Å²) in [5, 5.41) is 23.7. The molecule has 2 N–H and O–H groups in total. The van der Waals surface area contributed by atoms with Gasteiger partial charge in [0.25, 0.3) is 6.43 Å². The van der Waals surface area contributed by atoms with Crippen molar-refractivity contribution in [2.75, 3.05) is 50.0 Å². The molecule has 0 bridgehead atoms. The molecule has 7 heterocycles. The summed E-state index contributed by atoms with van der Waals surface area (Å²) in [6.07, 6.45) is -0.834. The van der Waals surface area contributed by atoms with Crippen LogP contribution >= 0.6 is 22.9 Å². The molecule has 1 amide bonds. The van der Waals surface area contributed by atoms with Gasteiger partial charge in [0.2, 0.25) is 5.82 Å². The highest BCUT2D eigenvalue weighted by atomic mass is 35.5. The minimum atomic E-state index is -2.98. The first-order valence-corrected chi connectivity index (χ1v) is 19.3. The van der Waals surface area contributed by atoms with Gasteiger partial charge in [-0.1, -0.05) is 17.7 Å². The molecule has 3 aromatic heterocycles. The van der Waals surface area contributed by atoms with Crippen molar-refractivity contribution in [2.45, 2.75) is 55.8 Å². The lowest BCUT2D eigenvalue weighted by Crippen LogP contribution is -2.67. The number of carbonyl (C=O) groups excluding carboxylic acids is 1. The Bertz CT molecular complexity index is 2580. The zero-order valence-corrected chi connectivity index (χ0v) is 31.4. The van der Waals surface area contributed by atoms with E-state index in [0.29, 0.717) is 19.4 Å². The van der Waals surface area contributed by atoms with E-state index < -0.39 is 53.1 Å². The van der Waals surface area contributed by atoms with Gasteiger partial charge in [-0.15, -0.1) is 16.4 Å². The Hall–Kier alpha value is -5.37. The maximum atomic E-state index is 17.3. The van der Waals surface area contributed by atoms with E-state index >= 15 is 8.78 Å². The Kier molecular flexibility index (Phi) is 8.90. The molecule has 13 nitrogen and oxygen atoms in total. The molecule has 4 saturated heterocycles. The van der Waals surface area contributed by atoms with Crippen LogP contribution in [0.25, 0.3) is 32.1 Å². The number of nitrogens with two attached hydrogens (primary N) is 1. The van der Waals surface area contributed by atoms with Crippen LogP contribution in [0.2, 0.25) is 5.02 Å². The summed E-state index contributed by atoms with van der Waals surface area (Å²) in [6.45, 7) is 1.53. The number of fused-ring (bicyclic) bond motifs is 3. The Balaban J connectivity index is 1.17. The lowest BCUT2D eigenvalue weighted by Gasteiger charge is -2.52. The number of likely N-dealkylation sites (tertiary alicyclic amines) is 1. The van der Waals surface area contributed by atoms with Crippen molar-refractivity contribution in [3.05, 3.63) is 52.6 Å². The summed E-state index contributed by atoms with van der Waals surface area (Å²) in [5.74, 6) is -2.64. The maximum absolute atomic E-state index is 17.3. The summed E-state index contributed by atoms with van der Waals surface area (Å²) in [5.41, 5.74) is 4.23. The monoisotopic (exact) mass is 823 g/mol. The molecule has 5 aromatic rings. The summed E-state index contributed by atoms with van der Waals surface area (Å²) < 4.78 is 80.7. The molecule has 0 aliphatic carbocycles. The first-order chi connectivity index (χ1) is 27.4. The number of thiophene rings is 1. The molecule has 4 atom stereocenters. The number of anilines is 2. The number of nitrogen functional groups attached to an aromatic ring is 1. The normalized spacial score (nSPS) is 24.4. The number of nitrogens with zero attached hydrogens (tertiary/aromatic N) is 10. The number of carbonyl (C=O) groups is 1. The van der Waals surface area contributed by atoms with E-state index in [1.165, 1.54) is 17.0 Å². The molecule has 9 rings (SSSR count). The van der Waals surface area contributed by atoms with Gasteiger partial charge >= 0.3 is 12.0 Å². The van der Waals surface area contributed by atoms with E-state index in [9.17, 15) is 28.5 Å². The highest BCUT2D eigenvalue weighted by Gasteiger charge is 2.58. The predicted molar refractivity (Wildman–Crippen MR) is 199 cm³/mol. The second-order valence-corrected chi connectivity index (χ2v) is 16.4. The van der Waals surface area contributed by atoms with Gasteiger partial charge in [-0.05, 0) is 43.5 Å². The molecular weight excluding hydrogens is 793 g/mol. The lowest BCUT2D eigenvalue weighted by atomic mass is 9.75. The number of ether oxygens (including phenoxy) is 1. The van der Waals surface area contributed by atoms with Crippen LogP contribution in [0.3, 0.4) is 0 Å². The number of alkyl halides is 3. The number of hydrogen-bond acceptors (Lipinski definition) is 12. The summed E-state index contributed by atoms with van der Waals surface area (Å²) in [7, 11) is 0. The summed E-state index contributed by atoms with van der Waals surface area (Å²) >= 11 is 7.75. The maximum Gasteiger partial charge on any atom is 0.346 e. The van der Waals surface area contributed by atoms with Crippen LogP contribution in [0.5, 0.6) is 6.01 Å². The fraction of sp³-hybridized carbons (Fsp3) is 0.432. The molecular formula is C37H31ClF5N11O2S. The van der Waals surface area contributed by atoms with Crippen LogP contribution in [0.15, 0.2) is 24.5 Å². The van der Waals surface area contributed by atoms with Gasteiger partial charge in [0.05, 0.1) is 32.4 Å². The van der Waals surface area contributed by atoms with Crippen molar-refractivity contribution in [2.24, 2.45) is 5.92 Å². The summed E-state index contributed by atoms with van der Waals surface area (Å²) in [6, 6.07) is 7.19. The molecule has 294 valence electrons. The molecule has 4 aliphatic heterocycles. The third-order valence-electron chi connectivity index (χ3n) is 12.0. The van der Waals surface area contributed by atoms with Gasteiger partial charge in [-0.3, -0.25) is 4.90 Å². The van der Waals surface area contributed by atoms with E-state index in [0.717, 1.165) is 34.8 Å². The number of amides is 1. The van der Waals surface area contributed by atoms with Crippen LogP contribution in [0.1, 0.15) is 49.9 Å². The first kappa shape index (κ1) is 37.2. The summed E-state index contributed by atoms with van der Waals surface area (Å²) in [4.78, 5) is 31.8. The quantitative estimate of drug-likeness (QED) is 0.171. The van der Waals surface area contributed by atoms with E-state index in [4.69, 9.17) is 27.1 Å². The van der Waals surface area contributed by atoms with Crippen LogP contribution in [0.4, 0.5) is 37.6 Å². The number of rotatable bonds is 7. The van der Waals surface area contributed by atoms with Crippen LogP contribution < -0.4 is 15.4 Å². The van der Waals surface area contributed by atoms with Crippen molar-refractivity contribution in [3.8, 4) is 29.3 Å². The molecule has 2 aromatic carbocycles. The molecule has 1 spiro atoms. The van der Waals surface area contributed by atoms with Gasteiger partial charge in [0.15, 0.2) is 5.82 Å². The Morgan fingerprint density at radius 2 is 2.00 bits per heavy atom. The highest BCUT2D eigenvalue weighted by molar-refractivity contribution is 7.23. The highest BCUT2D eigenvalue weighted by Crippen LogP contribution is 2.49. The number of aromatic nitrogens is 5. The third kappa shape index (κ3) is 5.72. The Morgan fingerprint density at radius 3 is 2.72 bits per heavy atom. The Morgan fingerprint density at radius 1 is 1.18 bits per heavy atom. The zero-order valence-electron chi connectivity index (χ0n) is 29.9. The predicted octanol–water partition coefficient (Wildman–Crippen LogP) is 6.84. The minimum absolute atomic E-state index is 0.0138. The second kappa shape index (κ2) is 13.6. The molecule has 0 radical (unpaired) electrons. The topological polar surface area (TPSA) is 166 Å². The molecule has 20 heteroatoms. The van der Waals surface area contributed by atoms with Crippen molar-refractivity contribution in [3.63, 3.8) is 0 Å². The van der Waals surface area contributed by atoms with Gasteiger partial charge in [-0.2, -0.15) is 25.2 Å². The lowest BCUT2D eigenvalue weighted by molar-refractivity contribution is 0.00652. The van der Waals surface area contributed by atoms with Crippen molar-refractivity contribution < 1.29 is 31.5 Å². The molecule has 1 unspecified atom stereocenters. The van der Waals surface area contributed by atoms with Gasteiger partial charge in [-0.25, -0.2) is 31.7 Å². The number of nitriles is 2. The van der Waals surface area contributed by atoms with Crippen molar-refractivity contribution in [1.29, 1.82) is 10.5 Å². The third-order valence-corrected chi connectivity index (χ3v) is 13.3. The SMILES string of the molecule is N#CCC1CN(c2nc(OC[C@@]34CCCN3C[C@H](F)C4)nc3c(F)c(-c4ccc(F)c5sc(N)c(C#N)c45)c(Cl)cc23)C[C@@]12CCN2C(=O)n1cnc(C(F)F)n1. The molecule has 4 aliphatic rings. The van der Waals surface area contributed by atoms with E-state index in [-0.39, 0.29) is 105 Å². The number of benzene rings is 2. The number of halogens is 6. The van der Waals surface area contributed by atoms with E-state index in [2.05, 4.69) is 26.0 Å². The van der Waals surface area contributed by atoms with Crippen LogP contribution in [-0.4, -0.2) is 97.1 Å². The van der Waals surface area contributed by atoms with Crippen LogP contribution in [0, 0.1) is 40.2 Å². The van der Waals surface area contributed by atoms with Crippen molar-refractivity contribution in [1.82, 2.24) is 34.5 Å². The molecule has 57 heavy (non-hydrogen) atoms. The largest absolute Gasteiger partial charge is 0.461 e. The Labute approximate surface area is 330 Å².